The number of hydrogen-bond acceptors (Lipinski definition) is 6. The van der Waals surface area contributed by atoms with Crippen molar-refractivity contribution in [2.24, 2.45) is 5.73 Å². The minimum atomic E-state index is -1.24. The number of nitrogens with two attached hydrogens (primary N) is 1. The lowest BCUT2D eigenvalue weighted by Gasteiger charge is -2.20. The van der Waals surface area contributed by atoms with Gasteiger partial charge in [0.25, 0.3) is 0 Å². The van der Waals surface area contributed by atoms with E-state index in [-0.39, 0.29) is 12.8 Å². The van der Waals surface area contributed by atoms with E-state index in [0.29, 0.717) is 0 Å². The van der Waals surface area contributed by atoms with Crippen LogP contribution in [0.1, 0.15) is 25.3 Å². The fourth-order valence-electron chi connectivity index (χ4n) is 2.42. The third-order valence-electron chi connectivity index (χ3n) is 4.09. The van der Waals surface area contributed by atoms with Crippen molar-refractivity contribution < 1.29 is 34.2 Å². The van der Waals surface area contributed by atoms with Gasteiger partial charge in [0.05, 0.1) is 12.6 Å². The number of carbonyl (C=O) groups excluding carboxylic acids is 3. The summed E-state index contributed by atoms with van der Waals surface area (Å²) in [6.45, 7) is 0.720. The molecule has 0 bridgehead atoms. The monoisotopic (exact) mass is 422 g/mol. The van der Waals surface area contributed by atoms with Crippen molar-refractivity contribution in [2.45, 2.75) is 44.3 Å². The Morgan fingerprint density at radius 3 is 2.20 bits per heavy atom. The lowest BCUT2D eigenvalue weighted by Crippen LogP contribution is -2.53. The third-order valence-corrected chi connectivity index (χ3v) is 4.09. The quantitative estimate of drug-likeness (QED) is 0.237. The Bertz CT molecular complexity index is 769. The van der Waals surface area contributed by atoms with Crippen molar-refractivity contribution in [3.63, 3.8) is 0 Å². The summed E-state index contributed by atoms with van der Waals surface area (Å²) in [4.78, 5) is 58.0. The molecule has 0 radical (unpaired) electrons. The van der Waals surface area contributed by atoms with Crippen LogP contribution >= 0.6 is 0 Å². The van der Waals surface area contributed by atoms with Crippen molar-refractivity contribution in [1.82, 2.24) is 16.0 Å². The third kappa shape index (κ3) is 9.15. The molecule has 3 unspecified atom stereocenters. The van der Waals surface area contributed by atoms with Gasteiger partial charge in [0.15, 0.2) is 0 Å². The highest BCUT2D eigenvalue weighted by atomic mass is 16.4. The van der Waals surface area contributed by atoms with Crippen LogP contribution in [0.25, 0.3) is 0 Å². The second kappa shape index (κ2) is 12.2. The Kier molecular flexibility index (Phi) is 9.97. The number of rotatable bonds is 12. The highest BCUT2D eigenvalue weighted by Crippen LogP contribution is 2.04. The molecule has 0 aliphatic heterocycles. The molecule has 11 heteroatoms. The fourth-order valence-corrected chi connectivity index (χ4v) is 2.42. The number of carbonyl (C=O) groups is 5. The van der Waals surface area contributed by atoms with Gasteiger partial charge in [0, 0.05) is 6.42 Å². The molecule has 0 saturated heterocycles. The number of aliphatic carboxylic acids is 2. The van der Waals surface area contributed by atoms with Crippen LogP contribution in [0.2, 0.25) is 0 Å². The zero-order valence-corrected chi connectivity index (χ0v) is 16.5. The van der Waals surface area contributed by atoms with E-state index in [1.807, 2.05) is 6.07 Å². The SMILES string of the molecule is CC(NC(=O)CNC(=O)C(CCC(=O)O)NC(=O)C(N)Cc1ccccc1)C(=O)O. The van der Waals surface area contributed by atoms with Crippen molar-refractivity contribution >= 4 is 29.7 Å². The van der Waals surface area contributed by atoms with E-state index in [1.54, 1.807) is 24.3 Å². The molecule has 0 fully saturated rings. The summed E-state index contributed by atoms with van der Waals surface area (Å²) in [6, 6.07) is 5.64. The number of hydrogen-bond donors (Lipinski definition) is 6. The second-order valence-corrected chi connectivity index (χ2v) is 6.64. The number of benzene rings is 1. The van der Waals surface area contributed by atoms with E-state index in [9.17, 15) is 24.0 Å². The molecule has 7 N–H and O–H groups in total. The van der Waals surface area contributed by atoms with Gasteiger partial charge in [-0.25, -0.2) is 0 Å². The van der Waals surface area contributed by atoms with Crippen molar-refractivity contribution in [3.05, 3.63) is 35.9 Å². The molecule has 0 aromatic heterocycles. The molecule has 30 heavy (non-hydrogen) atoms. The number of carboxylic acids is 2. The molecule has 1 rings (SSSR count). The van der Waals surface area contributed by atoms with Gasteiger partial charge in [-0.3, -0.25) is 24.0 Å². The first-order valence-corrected chi connectivity index (χ1v) is 9.21. The maximum absolute atomic E-state index is 12.4. The van der Waals surface area contributed by atoms with Crippen molar-refractivity contribution in [2.75, 3.05) is 6.54 Å². The van der Waals surface area contributed by atoms with Crippen LogP contribution in [0.5, 0.6) is 0 Å². The van der Waals surface area contributed by atoms with Gasteiger partial charge in [-0.15, -0.1) is 0 Å². The molecule has 164 valence electrons. The molecule has 1 aromatic carbocycles. The van der Waals surface area contributed by atoms with Crippen LogP contribution in [0.15, 0.2) is 30.3 Å². The Balaban J connectivity index is 2.66. The fraction of sp³-hybridized carbons (Fsp3) is 0.421. The first-order valence-electron chi connectivity index (χ1n) is 9.21. The van der Waals surface area contributed by atoms with Gasteiger partial charge in [0.2, 0.25) is 17.7 Å². The van der Waals surface area contributed by atoms with Crippen LogP contribution in [0, 0.1) is 0 Å². The smallest absolute Gasteiger partial charge is 0.325 e. The van der Waals surface area contributed by atoms with Gasteiger partial charge in [-0.05, 0) is 25.3 Å². The van der Waals surface area contributed by atoms with Gasteiger partial charge in [-0.2, -0.15) is 0 Å². The van der Waals surface area contributed by atoms with E-state index >= 15 is 0 Å². The number of amides is 3. The predicted molar refractivity (Wildman–Crippen MR) is 105 cm³/mol. The Morgan fingerprint density at radius 2 is 1.63 bits per heavy atom. The number of nitrogens with one attached hydrogen (secondary N) is 3. The molecular weight excluding hydrogens is 396 g/mol. The summed E-state index contributed by atoms with van der Waals surface area (Å²) < 4.78 is 0. The minimum absolute atomic E-state index is 0.210. The zero-order valence-electron chi connectivity index (χ0n) is 16.5. The maximum atomic E-state index is 12.4. The second-order valence-electron chi connectivity index (χ2n) is 6.64. The van der Waals surface area contributed by atoms with Gasteiger partial charge in [-0.1, -0.05) is 30.3 Å². The van der Waals surface area contributed by atoms with E-state index in [0.717, 1.165) is 5.56 Å². The zero-order chi connectivity index (χ0) is 22.7. The molecule has 0 aliphatic carbocycles. The summed E-state index contributed by atoms with van der Waals surface area (Å²) in [5.41, 5.74) is 6.69. The molecule has 0 spiro atoms. The Labute approximate surface area is 173 Å². The summed E-state index contributed by atoms with van der Waals surface area (Å²) in [5, 5.41) is 24.4. The lowest BCUT2D eigenvalue weighted by molar-refractivity contribution is -0.141. The lowest BCUT2D eigenvalue weighted by atomic mass is 10.0. The average molecular weight is 422 g/mol. The standard InChI is InChI=1S/C19H26N4O7/c1-11(19(29)30)22-15(24)10-21-18(28)14(7-8-16(25)26)23-17(27)13(20)9-12-5-3-2-4-6-12/h2-6,11,13-14H,7-10,20H2,1H3,(H,21,28)(H,22,24)(H,23,27)(H,25,26)(H,29,30). The number of carboxylic acid groups (broad SMARTS) is 2. The van der Waals surface area contributed by atoms with Crippen LogP contribution in [-0.2, 0) is 30.4 Å². The summed E-state index contributed by atoms with van der Waals surface area (Å²) in [7, 11) is 0. The summed E-state index contributed by atoms with van der Waals surface area (Å²) in [6.07, 6.45) is -0.387. The Hall–Kier alpha value is -3.47. The van der Waals surface area contributed by atoms with Crippen LogP contribution in [-0.4, -0.2) is 64.5 Å². The summed E-state index contributed by atoms with van der Waals surface area (Å²) in [5.74, 6) is -4.58. The topological polar surface area (TPSA) is 188 Å². The summed E-state index contributed by atoms with van der Waals surface area (Å²) >= 11 is 0. The van der Waals surface area contributed by atoms with Crippen molar-refractivity contribution in [3.8, 4) is 0 Å². The molecule has 11 nitrogen and oxygen atoms in total. The van der Waals surface area contributed by atoms with Crippen LogP contribution in [0.4, 0.5) is 0 Å². The molecule has 3 amide bonds. The largest absolute Gasteiger partial charge is 0.481 e. The molecule has 0 heterocycles. The van der Waals surface area contributed by atoms with E-state index in [1.165, 1.54) is 6.92 Å². The van der Waals surface area contributed by atoms with E-state index in [2.05, 4.69) is 16.0 Å². The van der Waals surface area contributed by atoms with E-state index < -0.39 is 60.8 Å². The van der Waals surface area contributed by atoms with Crippen LogP contribution < -0.4 is 21.7 Å². The normalized spacial score (nSPS) is 13.4. The van der Waals surface area contributed by atoms with Gasteiger partial charge < -0.3 is 31.9 Å². The van der Waals surface area contributed by atoms with Gasteiger partial charge >= 0.3 is 11.9 Å². The predicted octanol–water partition coefficient (Wildman–Crippen LogP) is -1.39. The molecular formula is C19H26N4O7. The van der Waals surface area contributed by atoms with Gasteiger partial charge in [0.1, 0.15) is 12.1 Å². The van der Waals surface area contributed by atoms with Crippen LogP contribution in [0.3, 0.4) is 0 Å². The molecule has 1 aromatic rings. The first kappa shape index (κ1) is 24.6. The highest BCUT2D eigenvalue weighted by Gasteiger charge is 2.25. The average Bonchev–Trinajstić information content (AvgIpc) is 2.69. The maximum Gasteiger partial charge on any atom is 0.325 e. The van der Waals surface area contributed by atoms with Crippen molar-refractivity contribution in [1.29, 1.82) is 0 Å². The molecule has 3 atom stereocenters. The highest BCUT2D eigenvalue weighted by molar-refractivity contribution is 5.92. The Morgan fingerprint density at radius 1 is 1.00 bits per heavy atom. The minimum Gasteiger partial charge on any atom is -0.481 e. The molecule has 0 aliphatic rings. The molecule has 0 saturated carbocycles. The first-order chi connectivity index (χ1) is 14.1. The van der Waals surface area contributed by atoms with E-state index in [4.69, 9.17) is 15.9 Å².